The molecule has 0 atom stereocenters. The number of ether oxygens (including phenoxy) is 2. The van der Waals surface area contributed by atoms with Gasteiger partial charge in [0.1, 0.15) is 18.1 Å². The van der Waals surface area contributed by atoms with Crippen molar-refractivity contribution in [3.05, 3.63) is 101 Å². The zero-order valence-electron chi connectivity index (χ0n) is 19.3. The number of piperidine rings is 1. The Morgan fingerprint density at radius 2 is 1.82 bits per heavy atom. The number of likely N-dealkylation sites (tertiary alicyclic amines) is 1. The van der Waals surface area contributed by atoms with Gasteiger partial charge in [-0.05, 0) is 53.8 Å². The molecule has 34 heavy (non-hydrogen) atoms. The van der Waals surface area contributed by atoms with Crippen LogP contribution in [0, 0.1) is 0 Å². The zero-order valence-corrected chi connectivity index (χ0v) is 19.3. The van der Waals surface area contributed by atoms with E-state index < -0.39 is 0 Å². The molecular weight excluding hydrogens is 424 g/mol. The highest BCUT2D eigenvalue weighted by molar-refractivity contribution is 5.92. The number of hydrogen-bond acceptors (Lipinski definition) is 4. The minimum absolute atomic E-state index is 0.00850. The van der Waals surface area contributed by atoms with Crippen LogP contribution in [-0.2, 0) is 23.4 Å². The molecule has 1 amide bonds. The van der Waals surface area contributed by atoms with E-state index in [1.165, 1.54) is 5.56 Å². The first-order valence-electron chi connectivity index (χ1n) is 11.9. The number of rotatable bonds is 6. The van der Waals surface area contributed by atoms with Crippen molar-refractivity contribution >= 4 is 12.0 Å². The number of nitrogens with zero attached hydrogens (tertiary/aromatic N) is 1. The summed E-state index contributed by atoms with van der Waals surface area (Å²) in [4.78, 5) is 14.8. The molecule has 0 aliphatic carbocycles. The molecule has 0 radical (unpaired) electrons. The maximum atomic E-state index is 12.9. The first-order valence-corrected chi connectivity index (χ1v) is 11.9. The highest BCUT2D eigenvalue weighted by Crippen LogP contribution is 2.45. The van der Waals surface area contributed by atoms with Crippen LogP contribution in [0.3, 0.4) is 0 Å². The van der Waals surface area contributed by atoms with Crippen LogP contribution in [0.2, 0.25) is 0 Å². The number of carbonyl (C=O) groups is 1. The van der Waals surface area contributed by atoms with Crippen LogP contribution >= 0.6 is 0 Å². The molecule has 5 nitrogen and oxygen atoms in total. The van der Waals surface area contributed by atoms with E-state index in [0.29, 0.717) is 19.8 Å². The van der Waals surface area contributed by atoms with Crippen molar-refractivity contribution in [3.63, 3.8) is 0 Å². The molecule has 0 aromatic heterocycles. The second kappa shape index (κ2) is 9.74. The molecule has 2 N–H and O–H groups in total. The van der Waals surface area contributed by atoms with E-state index in [-0.39, 0.29) is 11.3 Å². The van der Waals surface area contributed by atoms with Crippen LogP contribution < -0.4 is 15.2 Å². The summed E-state index contributed by atoms with van der Waals surface area (Å²) in [5.74, 6) is 1.79. The lowest BCUT2D eigenvalue weighted by Gasteiger charge is -2.38. The van der Waals surface area contributed by atoms with E-state index in [4.69, 9.17) is 15.2 Å². The fraction of sp³-hybridized carbons (Fsp3) is 0.276. The lowest BCUT2D eigenvalue weighted by molar-refractivity contribution is -0.127. The number of fused-ring (bicyclic) bond motifs is 2. The molecule has 1 saturated heterocycles. The third-order valence-electron chi connectivity index (χ3n) is 6.91. The van der Waals surface area contributed by atoms with Crippen molar-refractivity contribution in [2.45, 2.75) is 31.4 Å². The molecule has 0 bridgehead atoms. The van der Waals surface area contributed by atoms with Crippen LogP contribution in [0.1, 0.15) is 35.1 Å². The van der Waals surface area contributed by atoms with Gasteiger partial charge in [0.15, 0.2) is 0 Å². The monoisotopic (exact) mass is 454 g/mol. The van der Waals surface area contributed by atoms with Crippen LogP contribution in [0.4, 0.5) is 0 Å². The summed E-state index contributed by atoms with van der Waals surface area (Å²) in [6.45, 7) is 3.17. The maximum absolute atomic E-state index is 12.9. The summed E-state index contributed by atoms with van der Waals surface area (Å²) in [5.41, 5.74) is 10.3. The summed E-state index contributed by atoms with van der Waals surface area (Å²) in [6.07, 6.45) is 5.33. The first kappa shape index (κ1) is 22.2. The highest BCUT2D eigenvalue weighted by Gasteiger charge is 2.43. The number of carbonyl (C=O) groups excluding carboxylic acids is 1. The number of hydrogen-bond donors (Lipinski definition) is 1. The second-order valence-corrected chi connectivity index (χ2v) is 9.11. The van der Waals surface area contributed by atoms with Gasteiger partial charge in [-0.25, -0.2) is 0 Å². The highest BCUT2D eigenvalue weighted by atomic mass is 16.5. The molecule has 1 spiro atoms. The van der Waals surface area contributed by atoms with Gasteiger partial charge < -0.3 is 20.1 Å². The van der Waals surface area contributed by atoms with Gasteiger partial charge in [-0.3, -0.25) is 4.79 Å². The molecule has 2 aliphatic heterocycles. The van der Waals surface area contributed by atoms with E-state index >= 15 is 0 Å². The molecule has 174 valence electrons. The zero-order chi connectivity index (χ0) is 23.4. The normalized spacial score (nSPS) is 16.4. The van der Waals surface area contributed by atoms with Gasteiger partial charge >= 0.3 is 0 Å². The van der Waals surface area contributed by atoms with Gasteiger partial charge in [0.25, 0.3) is 0 Å². The minimum Gasteiger partial charge on any atom is -0.492 e. The van der Waals surface area contributed by atoms with E-state index in [1.54, 1.807) is 6.08 Å². The Kier molecular flexibility index (Phi) is 6.37. The van der Waals surface area contributed by atoms with Crippen molar-refractivity contribution in [2.24, 2.45) is 5.73 Å². The average Bonchev–Trinajstić information content (AvgIpc) is 3.24. The van der Waals surface area contributed by atoms with Gasteiger partial charge in [0, 0.05) is 36.7 Å². The van der Waals surface area contributed by atoms with E-state index in [1.807, 2.05) is 77.7 Å². The number of nitrogens with two attached hydrogens (primary N) is 1. The lowest BCUT2D eigenvalue weighted by atomic mass is 9.74. The third kappa shape index (κ3) is 4.70. The summed E-state index contributed by atoms with van der Waals surface area (Å²) < 4.78 is 11.9. The molecular formula is C29H30N2O3. The Bertz CT molecular complexity index is 1180. The second-order valence-electron chi connectivity index (χ2n) is 9.11. The molecule has 3 aromatic rings. The van der Waals surface area contributed by atoms with Gasteiger partial charge in [-0.2, -0.15) is 0 Å². The molecule has 2 aliphatic rings. The van der Waals surface area contributed by atoms with Gasteiger partial charge in [0.2, 0.25) is 5.91 Å². The Labute approximate surface area is 200 Å². The Balaban J connectivity index is 1.18. The SMILES string of the molecule is NCc1ccc2c(c1)C1(CCN(C(=O)C=Cc3cccc(OCc4ccccc4)c3)CC1)CO2. The first-order chi connectivity index (χ1) is 16.6. The topological polar surface area (TPSA) is 64.8 Å². The van der Waals surface area contributed by atoms with Crippen LogP contribution in [0.15, 0.2) is 78.9 Å². The van der Waals surface area contributed by atoms with Crippen LogP contribution in [0.25, 0.3) is 6.08 Å². The molecule has 0 saturated carbocycles. The molecule has 0 unspecified atom stereocenters. The Morgan fingerprint density at radius 1 is 1.00 bits per heavy atom. The van der Waals surface area contributed by atoms with Gasteiger partial charge in [-0.1, -0.05) is 54.6 Å². The predicted molar refractivity (Wildman–Crippen MR) is 134 cm³/mol. The molecule has 2 heterocycles. The Morgan fingerprint density at radius 3 is 2.62 bits per heavy atom. The summed E-state index contributed by atoms with van der Waals surface area (Å²) >= 11 is 0. The standard InChI is InChI=1S/C29H30N2O3/c30-19-24-9-11-27-26(18-24)29(21-34-27)13-15-31(16-14-29)28(32)12-10-22-7-4-8-25(17-22)33-20-23-5-2-1-3-6-23/h1-12,17-18H,13-16,19-21,30H2. The quantitative estimate of drug-likeness (QED) is 0.549. The number of benzene rings is 3. The molecule has 5 heteroatoms. The van der Waals surface area contributed by atoms with Gasteiger partial charge in [0.05, 0.1) is 6.61 Å². The third-order valence-corrected chi connectivity index (χ3v) is 6.91. The van der Waals surface area contributed by atoms with Crippen molar-refractivity contribution in [1.82, 2.24) is 4.90 Å². The van der Waals surface area contributed by atoms with Crippen LogP contribution in [-0.4, -0.2) is 30.5 Å². The van der Waals surface area contributed by atoms with Crippen molar-refractivity contribution in [2.75, 3.05) is 19.7 Å². The van der Waals surface area contributed by atoms with Gasteiger partial charge in [-0.15, -0.1) is 0 Å². The van der Waals surface area contributed by atoms with E-state index in [2.05, 4.69) is 6.07 Å². The predicted octanol–water partition coefficient (Wildman–Crippen LogP) is 4.69. The minimum atomic E-state index is -0.00850. The van der Waals surface area contributed by atoms with Crippen molar-refractivity contribution in [3.8, 4) is 11.5 Å². The maximum Gasteiger partial charge on any atom is 0.246 e. The largest absolute Gasteiger partial charge is 0.492 e. The van der Waals surface area contributed by atoms with Crippen LogP contribution in [0.5, 0.6) is 11.5 Å². The average molecular weight is 455 g/mol. The summed E-state index contributed by atoms with van der Waals surface area (Å²) in [5, 5.41) is 0. The summed E-state index contributed by atoms with van der Waals surface area (Å²) in [6, 6.07) is 24.1. The smallest absolute Gasteiger partial charge is 0.246 e. The fourth-order valence-corrected chi connectivity index (χ4v) is 4.83. The molecule has 5 rings (SSSR count). The fourth-order valence-electron chi connectivity index (χ4n) is 4.83. The Hall–Kier alpha value is -3.57. The molecule has 3 aromatic carbocycles. The number of amides is 1. The molecule has 1 fully saturated rings. The van der Waals surface area contributed by atoms with E-state index in [0.717, 1.165) is 54.1 Å². The van der Waals surface area contributed by atoms with Crippen molar-refractivity contribution < 1.29 is 14.3 Å². The summed E-state index contributed by atoms with van der Waals surface area (Å²) in [7, 11) is 0. The lowest BCUT2D eigenvalue weighted by Crippen LogP contribution is -2.45. The van der Waals surface area contributed by atoms with Crippen molar-refractivity contribution in [1.29, 1.82) is 0 Å². The van der Waals surface area contributed by atoms with E-state index in [9.17, 15) is 4.79 Å².